The van der Waals surface area contributed by atoms with Crippen LogP contribution in [0.2, 0.25) is 0 Å². The topological polar surface area (TPSA) is 58.4 Å². The molecule has 3 N–H and O–H groups in total. The molecule has 0 aliphatic heterocycles. The van der Waals surface area contributed by atoms with Crippen molar-refractivity contribution in [3.63, 3.8) is 0 Å². The number of aryl methyl sites for hydroxylation is 1. The van der Waals surface area contributed by atoms with Crippen LogP contribution in [-0.4, -0.2) is 24.4 Å². The number of amides is 1. The van der Waals surface area contributed by atoms with E-state index in [-0.39, 0.29) is 5.91 Å². The van der Waals surface area contributed by atoms with E-state index in [4.69, 9.17) is 5.84 Å². The minimum atomic E-state index is 0.00935. The summed E-state index contributed by atoms with van der Waals surface area (Å²) in [4.78, 5) is 13.9. The molecule has 1 rings (SSSR count). The van der Waals surface area contributed by atoms with Crippen LogP contribution in [0, 0.1) is 6.92 Å². The van der Waals surface area contributed by atoms with Gasteiger partial charge in [-0.1, -0.05) is 25.0 Å². The fourth-order valence-corrected chi connectivity index (χ4v) is 1.66. The minimum Gasteiger partial charge on any atom is -0.342 e. The molecule has 17 heavy (non-hydrogen) atoms. The maximum absolute atomic E-state index is 12.2. The number of benzene rings is 1. The van der Waals surface area contributed by atoms with Gasteiger partial charge in [0.1, 0.15) is 0 Å². The number of rotatable bonds is 5. The standard InChI is InChI=1S/C13H21N3O/c1-4-5-8-16(3)13(17)11-9-10(2)6-7-12(11)15-14/h6-7,9,15H,4-5,8,14H2,1-3H3. The molecule has 0 spiro atoms. The van der Waals surface area contributed by atoms with Gasteiger partial charge in [-0.25, -0.2) is 0 Å². The first-order valence-corrected chi connectivity index (χ1v) is 5.92. The summed E-state index contributed by atoms with van der Waals surface area (Å²) in [7, 11) is 1.82. The molecule has 1 amide bonds. The molecule has 0 heterocycles. The zero-order valence-corrected chi connectivity index (χ0v) is 10.8. The predicted octanol–water partition coefficient (Wildman–Crippen LogP) is 2.15. The van der Waals surface area contributed by atoms with Crippen molar-refractivity contribution in [3.8, 4) is 0 Å². The highest BCUT2D eigenvalue weighted by Crippen LogP contribution is 2.18. The number of carbonyl (C=O) groups is 1. The molecule has 0 unspecified atom stereocenters. The van der Waals surface area contributed by atoms with Gasteiger partial charge in [0.15, 0.2) is 0 Å². The number of nitrogen functional groups attached to an aromatic ring is 1. The molecule has 94 valence electrons. The van der Waals surface area contributed by atoms with E-state index in [0.717, 1.165) is 24.9 Å². The molecule has 1 aromatic carbocycles. The molecule has 0 aliphatic carbocycles. The summed E-state index contributed by atoms with van der Waals surface area (Å²) >= 11 is 0. The van der Waals surface area contributed by atoms with Crippen molar-refractivity contribution in [3.05, 3.63) is 29.3 Å². The van der Waals surface area contributed by atoms with Gasteiger partial charge in [0.2, 0.25) is 0 Å². The number of hydrogen-bond acceptors (Lipinski definition) is 3. The second-order valence-corrected chi connectivity index (χ2v) is 4.27. The van der Waals surface area contributed by atoms with Crippen molar-refractivity contribution < 1.29 is 4.79 Å². The highest BCUT2D eigenvalue weighted by molar-refractivity contribution is 5.99. The van der Waals surface area contributed by atoms with Gasteiger partial charge in [0, 0.05) is 13.6 Å². The lowest BCUT2D eigenvalue weighted by Crippen LogP contribution is -2.29. The van der Waals surface area contributed by atoms with E-state index >= 15 is 0 Å². The minimum absolute atomic E-state index is 0.00935. The Bertz CT molecular complexity index is 390. The number of hydrazine groups is 1. The summed E-state index contributed by atoms with van der Waals surface area (Å²) in [6.07, 6.45) is 2.09. The van der Waals surface area contributed by atoms with E-state index in [9.17, 15) is 4.79 Å². The summed E-state index contributed by atoms with van der Waals surface area (Å²) in [5.41, 5.74) is 4.92. The average Bonchev–Trinajstić information content (AvgIpc) is 2.34. The van der Waals surface area contributed by atoms with Gasteiger partial charge < -0.3 is 10.3 Å². The van der Waals surface area contributed by atoms with E-state index in [1.165, 1.54) is 0 Å². The van der Waals surface area contributed by atoms with E-state index < -0.39 is 0 Å². The number of nitrogens with two attached hydrogens (primary N) is 1. The van der Waals surface area contributed by atoms with Crippen molar-refractivity contribution >= 4 is 11.6 Å². The Balaban J connectivity index is 2.90. The molecule has 0 bridgehead atoms. The Hall–Kier alpha value is -1.55. The van der Waals surface area contributed by atoms with Crippen LogP contribution in [0.5, 0.6) is 0 Å². The Morgan fingerprint density at radius 3 is 2.76 bits per heavy atom. The third-order valence-corrected chi connectivity index (χ3v) is 2.75. The normalized spacial score (nSPS) is 10.1. The van der Waals surface area contributed by atoms with Gasteiger partial charge in [0.05, 0.1) is 11.3 Å². The molecule has 0 radical (unpaired) electrons. The number of hydrogen-bond donors (Lipinski definition) is 2. The van der Waals surface area contributed by atoms with E-state index in [0.29, 0.717) is 11.3 Å². The lowest BCUT2D eigenvalue weighted by molar-refractivity contribution is 0.0794. The van der Waals surface area contributed by atoms with Crippen LogP contribution in [-0.2, 0) is 0 Å². The maximum Gasteiger partial charge on any atom is 0.255 e. The van der Waals surface area contributed by atoms with Crippen LogP contribution in [0.4, 0.5) is 5.69 Å². The smallest absolute Gasteiger partial charge is 0.255 e. The fourth-order valence-electron chi connectivity index (χ4n) is 1.66. The number of unbranched alkanes of at least 4 members (excludes halogenated alkanes) is 1. The third kappa shape index (κ3) is 3.46. The van der Waals surface area contributed by atoms with Crippen LogP contribution in [0.25, 0.3) is 0 Å². The Morgan fingerprint density at radius 2 is 2.18 bits per heavy atom. The van der Waals surface area contributed by atoms with Crippen molar-refractivity contribution in [1.82, 2.24) is 4.90 Å². The van der Waals surface area contributed by atoms with Gasteiger partial charge in [-0.05, 0) is 25.5 Å². The zero-order chi connectivity index (χ0) is 12.8. The SMILES string of the molecule is CCCCN(C)C(=O)c1cc(C)ccc1NN. The summed E-state index contributed by atoms with van der Waals surface area (Å²) in [6, 6.07) is 5.62. The second-order valence-electron chi connectivity index (χ2n) is 4.27. The lowest BCUT2D eigenvalue weighted by Gasteiger charge is -2.19. The molecule has 0 saturated carbocycles. The van der Waals surface area contributed by atoms with Crippen LogP contribution < -0.4 is 11.3 Å². The Kier molecular flexibility index (Phi) is 4.97. The molecule has 0 aromatic heterocycles. The highest BCUT2D eigenvalue weighted by atomic mass is 16.2. The summed E-state index contributed by atoms with van der Waals surface area (Å²) in [5, 5.41) is 0. The molecule has 4 nitrogen and oxygen atoms in total. The van der Waals surface area contributed by atoms with Crippen molar-refractivity contribution in [1.29, 1.82) is 0 Å². The van der Waals surface area contributed by atoms with Crippen molar-refractivity contribution in [2.24, 2.45) is 5.84 Å². The zero-order valence-electron chi connectivity index (χ0n) is 10.8. The Labute approximate surface area is 103 Å². The molecule has 0 atom stereocenters. The predicted molar refractivity (Wildman–Crippen MR) is 70.9 cm³/mol. The van der Waals surface area contributed by atoms with Crippen molar-refractivity contribution in [2.75, 3.05) is 19.0 Å². The van der Waals surface area contributed by atoms with Gasteiger partial charge in [-0.15, -0.1) is 0 Å². The average molecular weight is 235 g/mol. The van der Waals surface area contributed by atoms with Gasteiger partial charge in [0.25, 0.3) is 5.91 Å². The van der Waals surface area contributed by atoms with Crippen molar-refractivity contribution in [2.45, 2.75) is 26.7 Å². The molecular formula is C13H21N3O. The highest BCUT2D eigenvalue weighted by Gasteiger charge is 2.15. The Morgan fingerprint density at radius 1 is 1.47 bits per heavy atom. The first-order valence-electron chi connectivity index (χ1n) is 5.92. The number of nitrogens with zero attached hydrogens (tertiary/aromatic N) is 1. The first-order chi connectivity index (χ1) is 8.10. The molecule has 4 heteroatoms. The van der Waals surface area contributed by atoms with Crippen LogP contribution in [0.1, 0.15) is 35.7 Å². The first kappa shape index (κ1) is 13.5. The fraction of sp³-hybridized carbons (Fsp3) is 0.462. The number of anilines is 1. The van der Waals surface area contributed by atoms with Crippen LogP contribution in [0.3, 0.4) is 0 Å². The molecular weight excluding hydrogens is 214 g/mol. The largest absolute Gasteiger partial charge is 0.342 e. The lowest BCUT2D eigenvalue weighted by atomic mass is 10.1. The molecule has 0 fully saturated rings. The monoisotopic (exact) mass is 235 g/mol. The van der Waals surface area contributed by atoms with Crippen LogP contribution >= 0.6 is 0 Å². The van der Waals surface area contributed by atoms with Crippen LogP contribution in [0.15, 0.2) is 18.2 Å². The summed E-state index contributed by atoms with van der Waals surface area (Å²) < 4.78 is 0. The molecule has 1 aromatic rings. The summed E-state index contributed by atoms with van der Waals surface area (Å²) in [5.74, 6) is 5.43. The van der Waals surface area contributed by atoms with E-state index in [2.05, 4.69) is 12.3 Å². The second kappa shape index (κ2) is 6.25. The molecule has 0 saturated heterocycles. The maximum atomic E-state index is 12.2. The third-order valence-electron chi connectivity index (χ3n) is 2.75. The van der Waals surface area contributed by atoms with Gasteiger partial charge in [-0.3, -0.25) is 10.6 Å². The number of nitrogens with one attached hydrogen (secondary N) is 1. The quantitative estimate of drug-likeness (QED) is 0.607. The molecule has 0 aliphatic rings. The number of carbonyl (C=O) groups excluding carboxylic acids is 1. The van der Waals surface area contributed by atoms with E-state index in [1.807, 2.05) is 32.2 Å². The van der Waals surface area contributed by atoms with Gasteiger partial charge in [-0.2, -0.15) is 0 Å². The van der Waals surface area contributed by atoms with Gasteiger partial charge >= 0.3 is 0 Å². The summed E-state index contributed by atoms with van der Waals surface area (Å²) in [6.45, 7) is 4.84. The van der Waals surface area contributed by atoms with E-state index in [1.54, 1.807) is 4.90 Å².